The fourth-order valence-corrected chi connectivity index (χ4v) is 4.72. The molecule has 1 saturated heterocycles. The van der Waals surface area contributed by atoms with Crippen LogP contribution in [0.4, 0.5) is 0 Å². The Hall–Kier alpha value is -3.52. The Kier molecular flexibility index (Phi) is 3.25. The number of hydrogen-bond donors (Lipinski definition) is 2. The molecule has 2 amide bonds. The van der Waals surface area contributed by atoms with Crippen LogP contribution in [0, 0.1) is 0 Å². The van der Waals surface area contributed by atoms with Crippen molar-refractivity contribution in [2.45, 2.75) is 18.5 Å². The zero-order chi connectivity index (χ0) is 19.7. The Morgan fingerprint density at radius 2 is 1.90 bits per heavy atom. The summed E-state index contributed by atoms with van der Waals surface area (Å²) in [5.74, 6) is 6.72. The molecule has 8 nitrogen and oxygen atoms in total. The van der Waals surface area contributed by atoms with Crippen LogP contribution in [-0.4, -0.2) is 46.1 Å². The Morgan fingerprint density at radius 1 is 1.07 bits per heavy atom. The molecule has 3 N–H and O–H groups in total. The molecule has 0 radical (unpaired) electrons. The highest BCUT2D eigenvalue weighted by Crippen LogP contribution is 2.44. The number of nitrogens with zero attached hydrogens (tertiary/aromatic N) is 2. The quantitative estimate of drug-likeness (QED) is 0.484. The number of benzene rings is 2. The third-order valence-corrected chi connectivity index (χ3v) is 6.01. The van der Waals surface area contributed by atoms with Crippen LogP contribution in [0.15, 0.2) is 42.5 Å². The molecule has 4 heterocycles. The third-order valence-electron chi connectivity index (χ3n) is 6.01. The first kappa shape index (κ1) is 16.4. The van der Waals surface area contributed by atoms with E-state index in [4.69, 9.17) is 15.3 Å². The smallest absolute Gasteiger partial charge is 0.260 e. The van der Waals surface area contributed by atoms with Crippen LogP contribution in [0.3, 0.4) is 0 Å². The van der Waals surface area contributed by atoms with Gasteiger partial charge >= 0.3 is 0 Å². The number of nitrogens with one attached hydrogen (secondary N) is 1. The van der Waals surface area contributed by atoms with Gasteiger partial charge in [-0.3, -0.25) is 14.6 Å². The number of para-hydroxylation sites is 1. The number of carbonyl (C=O) groups is 2. The van der Waals surface area contributed by atoms with Gasteiger partial charge in [-0.2, -0.15) is 0 Å². The van der Waals surface area contributed by atoms with Crippen LogP contribution in [0.1, 0.15) is 22.9 Å². The minimum atomic E-state index is -0.636. The van der Waals surface area contributed by atoms with Gasteiger partial charge < -0.3 is 19.4 Å². The fourth-order valence-electron chi connectivity index (χ4n) is 4.72. The number of nitrogens with two attached hydrogens (primary N) is 1. The number of hydrogen-bond acceptors (Lipinski definition) is 5. The number of amides is 2. The monoisotopic (exact) mass is 390 g/mol. The van der Waals surface area contributed by atoms with Gasteiger partial charge in [0.1, 0.15) is 12.6 Å². The number of ether oxygens (including phenoxy) is 2. The van der Waals surface area contributed by atoms with E-state index in [-0.39, 0.29) is 25.2 Å². The molecule has 2 atom stereocenters. The van der Waals surface area contributed by atoms with Gasteiger partial charge in [0, 0.05) is 23.0 Å². The van der Waals surface area contributed by atoms with Gasteiger partial charge in [0.2, 0.25) is 12.7 Å². The first-order valence-corrected chi connectivity index (χ1v) is 9.48. The van der Waals surface area contributed by atoms with E-state index in [9.17, 15) is 9.59 Å². The van der Waals surface area contributed by atoms with E-state index in [1.807, 2.05) is 42.5 Å². The van der Waals surface area contributed by atoms with Crippen LogP contribution >= 0.6 is 0 Å². The highest BCUT2D eigenvalue weighted by Gasteiger charge is 2.47. The Bertz CT molecular complexity index is 1190. The van der Waals surface area contributed by atoms with Crippen LogP contribution in [0.25, 0.3) is 10.9 Å². The molecule has 0 saturated carbocycles. The summed E-state index contributed by atoms with van der Waals surface area (Å²) in [5, 5.41) is 2.09. The molecule has 2 aromatic carbocycles. The van der Waals surface area contributed by atoms with E-state index in [1.165, 1.54) is 0 Å². The van der Waals surface area contributed by atoms with E-state index in [1.54, 1.807) is 4.90 Å². The van der Waals surface area contributed by atoms with E-state index >= 15 is 0 Å². The Labute approximate surface area is 165 Å². The van der Waals surface area contributed by atoms with Crippen molar-refractivity contribution in [2.24, 2.45) is 5.84 Å². The standard InChI is InChI=1S/C21H18N4O4/c22-24-9-18(26)25-15(21(24)27)8-13-12-3-1-2-4-14(12)23-19(13)20(25)11-5-6-16-17(7-11)29-10-28-16/h1-7,15,20,23H,8-10,22H2/t15-,20+/m1/s1. The number of piperazine rings is 1. The maximum absolute atomic E-state index is 13.0. The van der Waals surface area contributed by atoms with Crippen LogP contribution in [-0.2, 0) is 16.0 Å². The summed E-state index contributed by atoms with van der Waals surface area (Å²) >= 11 is 0. The number of rotatable bonds is 1. The van der Waals surface area contributed by atoms with Crippen molar-refractivity contribution in [2.75, 3.05) is 13.3 Å². The number of fused-ring (bicyclic) bond motifs is 5. The van der Waals surface area contributed by atoms with E-state index in [0.29, 0.717) is 17.9 Å². The predicted octanol–water partition coefficient (Wildman–Crippen LogP) is 1.46. The van der Waals surface area contributed by atoms with Crippen molar-refractivity contribution in [1.82, 2.24) is 14.9 Å². The minimum Gasteiger partial charge on any atom is -0.454 e. The fraction of sp³-hybridized carbons (Fsp3) is 0.238. The highest BCUT2D eigenvalue weighted by atomic mass is 16.7. The first-order valence-electron chi connectivity index (χ1n) is 9.48. The molecule has 3 aliphatic rings. The summed E-state index contributed by atoms with van der Waals surface area (Å²) < 4.78 is 11.0. The van der Waals surface area contributed by atoms with E-state index in [2.05, 4.69) is 4.98 Å². The van der Waals surface area contributed by atoms with Crippen LogP contribution < -0.4 is 15.3 Å². The second-order valence-electron chi connectivity index (χ2n) is 7.57. The molecule has 146 valence electrons. The molecule has 3 aliphatic heterocycles. The molecule has 0 bridgehead atoms. The Morgan fingerprint density at radius 3 is 2.79 bits per heavy atom. The molecular weight excluding hydrogens is 372 g/mol. The predicted molar refractivity (Wildman–Crippen MR) is 103 cm³/mol. The summed E-state index contributed by atoms with van der Waals surface area (Å²) in [5.41, 5.74) is 3.81. The Balaban J connectivity index is 1.59. The molecule has 8 heteroatoms. The van der Waals surface area contributed by atoms with Crippen LogP contribution in [0.5, 0.6) is 11.5 Å². The number of aromatic amines is 1. The average molecular weight is 390 g/mol. The number of hydrazine groups is 1. The molecule has 0 aliphatic carbocycles. The number of H-pyrrole nitrogens is 1. The van der Waals surface area contributed by atoms with Crippen LogP contribution in [0.2, 0.25) is 0 Å². The lowest BCUT2D eigenvalue weighted by atomic mass is 9.86. The lowest BCUT2D eigenvalue weighted by molar-refractivity contribution is -0.158. The molecule has 1 fully saturated rings. The zero-order valence-electron chi connectivity index (χ0n) is 15.4. The van der Waals surface area contributed by atoms with Gasteiger partial charge in [-0.1, -0.05) is 24.3 Å². The van der Waals surface area contributed by atoms with Gasteiger partial charge in [-0.15, -0.1) is 0 Å². The van der Waals surface area contributed by atoms with Crippen molar-refractivity contribution in [1.29, 1.82) is 0 Å². The van der Waals surface area contributed by atoms with Crippen molar-refractivity contribution in [3.05, 3.63) is 59.3 Å². The molecule has 6 rings (SSSR count). The zero-order valence-corrected chi connectivity index (χ0v) is 15.4. The van der Waals surface area contributed by atoms with Gasteiger partial charge in [0.15, 0.2) is 11.5 Å². The highest BCUT2D eigenvalue weighted by molar-refractivity contribution is 5.97. The summed E-state index contributed by atoms with van der Waals surface area (Å²) in [6.07, 6.45) is 0.429. The molecule has 3 aromatic rings. The van der Waals surface area contributed by atoms with Crippen molar-refractivity contribution in [3.8, 4) is 11.5 Å². The molecular formula is C21H18N4O4. The van der Waals surface area contributed by atoms with Gasteiger partial charge in [-0.25, -0.2) is 5.84 Å². The largest absolute Gasteiger partial charge is 0.454 e. The summed E-state index contributed by atoms with van der Waals surface area (Å²) in [6, 6.07) is 12.6. The minimum absolute atomic E-state index is 0.133. The van der Waals surface area contributed by atoms with E-state index in [0.717, 1.165) is 32.7 Å². The summed E-state index contributed by atoms with van der Waals surface area (Å²) in [7, 11) is 0. The van der Waals surface area contributed by atoms with Gasteiger partial charge in [-0.05, 0) is 29.3 Å². The molecule has 0 spiro atoms. The molecule has 1 aromatic heterocycles. The topological polar surface area (TPSA) is 101 Å². The number of aromatic nitrogens is 1. The van der Waals surface area contributed by atoms with Crippen molar-refractivity contribution in [3.63, 3.8) is 0 Å². The maximum Gasteiger partial charge on any atom is 0.260 e. The second-order valence-corrected chi connectivity index (χ2v) is 7.57. The van der Waals surface area contributed by atoms with Crippen molar-refractivity contribution < 1.29 is 19.1 Å². The molecule has 29 heavy (non-hydrogen) atoms. The van der Waals surface area contributed by atoms with Gasteiger partial charge in [0.25, 0.3) is 5.91 Å². The average Bonchev–Trinajstić information content (AvgIpc) is 3.34. The summed E-state index contributed by atoms with van der Waals surface area (Å²) in [6.45, 7) is 0.0406. The van der Waals surface area contributed by atoms with E-state index < -0.39 is 12.1 Å². The summed E-state index contributed by atoms with van der Waals surface area (Å²) in [4.78, 5) is 31.1. The normalized spacial score (nSPS) is 22.8. The lowest BCUT2D eigenvalue weighted by Crippen LogP contribution is -2.64. The third kappa shape index (κ3) is 2.23. The maximum atomic E-state index is 13.0. The lowest BCUT2D eigenvalue weighted by Gasteiger charge is -2.46. The second kappa shape index (κ2) is 5.74. The molecule has 0 unspecified atom stereocenters. The SMILES string of the molecule is NN1CC(=O)N2[C@@H](c3ccc4c(c3)OCO4)c3[nH]c4ccccc4c3C[C@@H]2C1=O. The van der Waals surface area contributed by atoms with Crippen molar-refractivity contribution >= 4 is 22.7 Å². The first-order chi connectivity index (χ1) is 14.1. The number of carbonyl (C=O) groups excluding carboxylic acids is 2. The van der Waals surface area contributed by atoms with Gasteiger partial charge in [0.05, 0.1) is 6.04 Å².